The minimum absolute atomic E-state index is 0.180. The van der Waals surface area contributed by atoms with Crippen LogP contribution in [0.4, 0.5) is 0 Å². The number of rotatable bonds is 7. The standard InChI is InChI=1S/C37H46O14/c1-17-15-36(45)26(27(17)50-31(44)23-13-11-10-12-14-23)30(47-19(3)39)37(51-22(6)42)16-24-25(29(46-18(2)38)34(7,8)28(24)43)35(9,32(36)48-20(4)40)33(37)49-21(5)41/h10-14,17,24-27,29-30,32-33,45H,15-16H2,1-9H3/t17-,24+,25+,26+,27-,29-,30+,32+,33+,35+,36+,37+/m0/s1. The normalized spacial score (nSPS) is 38.9. The molecule has 4 fully saturated rings. The molecule has 5 rings (SSSR count). The Kier molecular flexibility index (Phi) is 9.68. The number of aliphatic hydroxyl groups is 1. The van der Waals surface area contributed by atoms with Crippen molar-refractivity contribution in [3.63, 3.8) is 0 Å². The molecule has 1 N–H and O–H groups in total. The first-order chi connectivity index (χ1) is 23.6. The lowest BCUT2D eigenvalue weighted by Crippen LogP contribution is -2.71. The maximum Gasteiger partial charge on any atom is 0.338 e. The van der Waals surface area contributed by atoms with E-state index in [0.29, 0.717) is 0 Å². The first-order valence-corrected chi connectivity index (χ1v) is 17.0. The number of ether oxygens (including phenoxy) is 6. The molecule has 0 aliphatic heterocycles. The molecule has 12 atom stereocenters. The van der Waals surface area contributed by atoms with Crippen LogP contribution in [0.15, 0.2) is 30.3 Å². The smallest absolute Gasteiger partial charge is 0.338 e. The second kappa shape index (κ2) is 13.0. The van der Waals surface area contributed by atoms with Crippen LogP contribution in [0.25, 0.3) is 0 Å². The van der Waals surface area contributed by atoms with E-state index >= 15 is 0 Å². The molecule has 0 saturated heterocycles. The van der Waals surface area contributed by atoms with E-state index in [1.807, 2.05) is 0 Å². The highest BCUT2D eigenvalue weighted by atomic mass is 16.6. The van der Waals surface area contributed by atoms with Crippen molar-refractivity contribution in [1.82, 2.24) is 0 Å². The van der Waals surface area contributed by atoms with Crippen LogP contribution in [0.2, 0.25) is 0 Å². The van der Waals surface area contributed by atoms with Crippen LogP contribution >= 0.6 is 0 Å². The van der Waals surface area contributed by atoms with Gasteiger partial charge in [-0.05, 0) is 38.3 Å². The third kappa shape index (κ3) is 5.98. The topological polar surface area (TPSA) is 195 Å². The van der Waals surface area contributed by atoms with Gasteiger partial charge in [0.05, 0.1) is 22.3 Å². The van der Waals surface area contributed by atoms with Crippen LogP contribution < -0.4 is 0 Å². The largest absolute Gasteiger partial charge is 0.461 e. The summed E-state index contributed by atoms with van der Waals surface area (Å²) in [5.74, 6) is -9.88. The van der Waals surface area contributed by atoms with Gasteiger partial charge >= 0.3 is 35.8 Å². The van der Waals surface area contributed by atoms with Gasteiger partial charge in [0, 0.05) is 52.9 Å². The van der Waals surface area contributed by atoms with Crippen molar-refractivity contribution in [3.8, 4) is 0 Å². The summed E-state index contributed by atoms with van der Waals surface area (Å²) in [5, 5.41) is 13.3. The summed E-state index contributed by atoms with van der Waals surface area (Å²) < 4.78 is 36.4. The lowest BCUT2D eigenvalue weighted by Gasteiger charge is -2.58. The summed E-state index contributed by atoms with van der Waals surface area (Å²) in [6, 6.07) is 8.04. The number of carbonyl (C=O) groups excluding carboxylic acids is 7. The minimum Gasteiger partial charge on any atom is -0.461 e. The van der Waals surface area contributed by atoms with Crippen molar-refractivity contribution in [2.24, 2.45) is 34.5 Å². The first kappa shape index (κ1) is 37.9. The summed E-state index contributed by atoms with van der Waals surface area (Å²) in [7, 11) is 0. The zero-order chi connectivity index (χ0) is 38.0. The molecule has 0 aromatic heterocycles. The Morgan fingerprint density at radius 1 is 0.686 bits per heavy atom. The Morgan fingerprint density at radius 3 is 1.75 bits per heavy atom. The maximum absolute atomic E-state index is 14.5. The maximum atomic E-state index is 14.5. The Labute approximate surface area is 295 Å². The molecule has 14 heteroatoms. The number of esters is 6. The lowest BCUT2D eigenvalue weighted by molar-refractivity contribution is -0.276. The number of hydrogen-bond acceptors (Lipinski definition) is 14. The third-order valence-corrected chi connectivity index (χ3v) is 11.4. The molecule has 1 aromatic rings. The second-order valence-corrected chi connectivity index (χ2v) is 15.3. The number of ketones is 1. The molecule has 0 heterocycles. The fourth-order valence-corrected chi connectivity index (χ4v) is 10.0. The van der Waals surface area contributed by atoms with Crippen LogP contribution in [0.3, 0.4) is 0 Å². The number of Topliss-reactive ketones (excluding diaryl/α,β-unsaturated/α-hetero) is 1. The lowest BCUT2D eigenvalue weighted by atomic mass is 9.53. The molecule has 2 bridgehead atoms. The Hall–Kier alpha value is -4.33. The molecule has 51 heavy (non-hydrogen) atoms. The monoisotopic (exact) mass is 714 g/mol. The van der Waals surface area contributed by atoms with E-state index in [4.69, 9.17) is 28.4 Å². The molecule has 4 aliphatic carbocycles. The number of fused-ring (bicyclic) bond motifs is 5. The summed E-state index contributed by atoms with van der Waals surface area (Å²) in [4.78, 5) is 93.4. The average Bonchev–Trinajstić information content (AvgIpc) is 3.36. The molecule has 0 radical (unpaired) electrons. The SMILES string of the molecule is CC(=O)O[C@@H]1[C@H]2[C@@H](OC(=O)c3ccccc3)[C@@H](C)C[C@]2(O)[C@H](OC(C)=O)[C@@]2(C)[C@@H]3[C@@H](C[C@]1(OC(C)=O)[C@@H]2OC(C)=O)C(=O)C(C)(C)[C@H]3OC(C)=O. The molecule has 4 aliphatic rings. The van der Waals surface area contributed by atoms with Crippen LogP contribution in [0.1, 0.15) is 85.5 Å². The zero-order valence-corrected chi connectivity index (χ0v) is 30.3. The number of benzene rings is 1. The second-order valence-electron chi connectivity index (χ2n) is 15.3. The Balaban J connectivity index is 1.90. The van der Waals surface area contributed by atoms with Crippen molar-refractivity contribution in [2.45, 2.75) is 117 Å². The highest BCUT2D eigenvalue weighted by Crippen LogP contribution is 2.69. The van der Waals surface area contributed by atoms with Crippen LogP contribution in [-0.2, 0) is 57.2 Å². The number of hydrogen-bond donors (Lipinski definition) is 1. The van der Waals surface area contributed by atoms with Crippen LogP contribution in [-0.4, -0.2) is 88.4 Å². The van der Waals surface area contributed by atoms with Gasteiger partial charge in [0.2, 0.25) is 0 Å². The van der Waals surface area contributed by atoms with Gasteiger partial charge in [-0.1, -0.05) is 32.0 Å². The van der Waals surface area contributed by atoms with E-state index in [0.717, 1.165) is 27.7 Å². The molecule has 0 spiro atoms. The summed E-state index contributed by atoms with van der Waals surface area (Å²) in [6.07, 6.45) is -8.24. The zero-order valence-electron chi connectivity index (χ0n) is 30.3. The molecular formula is C37H46O14. The molecule has 1 aromatic carbocycles. The quantitative estimate of drug-likeness (QED) is 0.320. The summed E-state index contributed by atoms with van der Waals surface area (Å²) in [6.45, 7) is 11.9. The Morgan fingerprint density at radius 2 is 1.22 bits per heavy atom. The molecular weight excluding hydrogens is 668 g/mol. The summed E-state index contributed by atoms with van der Waals surface area (Å²) >= 11 is 0. The van der Waals surface area contributed by atoms with Crippen LogP contribution in [0, 0.1) is 34.5 Å². The van der Waals surface area contributed by atoms with Crippen molar-refractivity contribution in [2.75, 3.05) is 0 Å². The van der Waals surface area contributed by atoms with E-state index in [9.17, 15) is 38.7 Å². The molecule has 14 nitrogen and oxygen atoms in total. The van der Waals surface area contributed by atoms with E-state index in [-0.39, 0.29) is 12.0 Å². The predicted octanol–water partition coefficient (Wildman–Crippen LogP) is 2.89. The fourth-order valence-electron chi connectivity index (χ4n) is 10.0. The molecule has 0 unspecified atom stereocenters. The van der Waals surface area contributed by atoms with Gasteiger partial charge in [0.25, 0.3) is 0 Å². The highest BCUT2D eigenvalue weighted by Gasteiger charge is 2.84. The minimum atomic E-state index is -2.26. The van der Waals surface area contributed by atoms with Gasteiger partial charge < -0.3 is 33.5 Å². The third-order valence-electron chi connectivity index (χ3n) is 11.4. The van der Waals surface area contributed by atoms with Crippen molar-refractivity contribution < 1.29 is 67.1 Å². The first-order valence-electron chi connectivity index (χ1n) is 17.0. The van der Waals surface area contributed by atoms with Crippen LogP contribution in [0.5, 0.6) is 0 Å². The van der Waals surface area contributed by atoms with Crippen molar-refractivity contribution in [1.29, 1.82) is 0 Å². The van der Waals surface area contributed by atoms with E-state index < -0.39 is 124 Å². The average molecular weight is 715 g/mol. The van der Waals surface area contributed by atoms with Crippen molar-refractivity contribution >= 4 is 41.6 Å². The highest BCUT2D eigenvalue weighted by molar-refractivity contribution is 5.91. The van der Waals surface area contributed by atoms with Gasteiger partial charge in [-0.15, -0.1) is 0 Å². The van der Waals surface area contributed by atoms with E-state index in [1.165, 1.54) is 26.0 Å². The van der Waals surface area contributed by atoms with Gasteiger partial charge in [-0.25, -0.2) is 4.79 Å². The van der Waals surface area contributed by atoms with Crippen molar-refractivity contribution in [3.05, 3.63) is 35.9 Å². The Bertz CT molecular complexity index is 1640. The number of carbonyl (C=O) groups is 7. The van der Waals surface area contributed by atoms with Gasteiger partial charge in [0.15, 0.2) is 17.8 Å². The predicted molar refractivity (Wildman–Crippen MR) is 173 cm³/mol. The van der Waals surface area contributed by atoms with Gasteiger partial charge in [0.1, 0.15) is 29.7 Å². The fraction of sp³-hybridized carbons (Fsp3) is 0.649. The summed E-state index contributed by atoms with van der Waals surface area (Å²) in [5.41, 5.74) is -7.57. The van der Waals surface area contributed by atoms with E-state index in [2.05, 4.69) is 0 Å². The molecule has 4 saturated carbocycles. The molecule has 0 amide bonds. The van der Waals surface area contributed by atoms with Gasteiger partial charge in [-0.3, -0.25) is 28.8 Å². The van der Waals surface area contributed by atoms with E-state index in [1.54, 1.807) is 39.0 Å². The van der Waals surface area contributed by atoms with Gasteiger partial charge in [-0.2, -0.15) is 0 Å². The molecule has 278 valence electrons.